The number of hydrogen-bond donors (Lipinski definition) is 1. The number of halogens is 2. The normalized spacial score (nSPS) is 21.8. The summed E-state index contributed by atoms with van der Waals surface area (Å²) >= 11 is 0. The van der Waals surface area contributed by atoms with Gasteiger partial charge in [-0.2, -0.15) is 8.78 Å². The predicted molar refractivity (Wildman–Crippen MR) is 83.1 cm³/mol. The van der Waals surface area contributed by atoms with Gasteiger partial charge in [-0.05, 0) is 36.8 Å². The molecule has 0 spiro atoms. The Balaban J connectivity index is 1.74. The van der Waals surface area contributed by atoms with Crippen molar-refractivity contribution in [3.8, 4) is 11.5 Å². The van der Waals surface area contributed by atoms with Crippen LogP contribution in [0.5, 0.6) is 11.5 Å². The Morgan fingerprint density at radius 3 is 2.41 bits per heavy atom. The number of unbranched alkanes of at least 4 members (excludes halogenated alkanes) is 2. The van der Waals surface area contributed by atoms with Crippen molar-refractivity contribution >= 4 is 0 Å². The van der Waals surface area contributed by atoms with E-state index in [0.717, 1.165) is 24.8 Å². The van der Waals surface area contributed by atoms with E-state index in [9.17, 15) is 8.78 Å². The Hall–Kier alpha value is -1.32. The summed E-state index contributed by atoms with van der Waals surface area (Å²) in [6, 6.07) is 2.41. The Labute approximate surface area is 131 Å². The van der Waals surface area contributed by atoms with Crippen molar-refractivity contribution in [1.82, 2.24) is 0 Å². The SMILES string of the molecule is CCCCC[C@H]1CC[C@H](COc2ccc(O)c(F)c2F)CC1. The summed E-state index contributed by atoms with van der Waals surface area (Å²) < 4.78 is 32.3. The molecule has 0 radical (unpaired) electrons. The average Bonchev–Trinajstić information content (AvgIpc) is 2.53. The number of benzene rings is 1. The second-order valence-corrected chi connectivity index (χ2v) is 6.40. The maximum Gasteiger partial charge on any atom is 0.204 e. The van der Waals surface area contributed by atoms with Gasteiger partial charge >= 0.3 is 0 Å². The molecule has 124 valence electrons. The second-order valence-electron chi connectivity index (χ2n) is 6.40. The summed E-state index contributed by atoms with van der Waals surface area (Å²) in [5.74, 6) is -1.90. The van der Waals surface area contributed by atoms with E-state index in [1.165, 1.54) is 44.6 Å². The molecule has 0 heterocycles. The van der Waals surface area contributed by atoms with E-state index in [1.807, 2.05) is 0 Å². The highest BCUT2D eigenvalue weighted by Gasteiger charge is 2.22. The van der Waals surface area contributed by atoms with Gasteiger partial charge in [0.25, 0.3) is 0 Å². The molecule has 0 aliphatic heterocycles. The minimum absolute atomic E-state index is 0.111. The van der Waals surface area contributed by atoms with Crippen LogP contribution >= 0.6 is 0 Å². The molecule has 22 heavy (non-hydrogen) atoms. The van der Waals surface area contributed by atoms with Crippen LogP contribution in [0.4, 0.5) is 8.78 Å². The number of ether oxygens (including phenoxy) is 1. The Bertz CT molecular complexity index is 468. The molecule has 1 N–H and O–H groups in total. The highest BCUT2D eigenvalue weighted by Crippen LogP contribution is 2.33. The molecular formula is C18H26F2O2. The highest BCUT2D eigenvalue weighted by molar-refractivity contribution is 5.33. The minimum atomic E-state index is -1.24. The zero-order valence-corrected chi connectivity index (χ0v) is 13.3. The van der Waals surface area contributed by atoms with E-state index < -0.39 is 17.4 Å². The summed E-state index contributed by atoms with van der Waals surface area (Å²) in [7, 11) is 0. The van der Waals surface area contributed by atoms with Gasteiger partial charge in [0.2, 0.25) is 11.6 Å². The summed E-state index contributed by atoms with van der Waals surface area (Å²) in [5, 5.41) is 9.09. The molecule has 2 nitrogen and oxygen atoms in total. The molecule has 1 aliphatic rings. The molecule has 1 aromatic rings. The van der Waals surface area contributed by atoms with Crippen LogP contribution in [0.15, 0.2) is 12.1 Å². The quantitative estimate of drug-likeness (QED) is 0.680. The smallest absolute Gasteiger partial charge is 0.204 e. The predicted octanol–water partition coefficient (Wildman–Crippen LogP) is 5.44. The van der Waals surface area contributed by atoms with Gasteiger partial charge < -0.3 is 9.84 Å². The maximum absolute atomic E-state index is 13.6. The summed E-state index contributed by atoms with van der Waals surface area (Å²) in [6.07, 6.45) is 9.83. The van der Waals surface area contributed by atoms with Crippen molar-refractivity contribution in [3.63, 3.8) is 0 Å². The van der Waals surface area contributed by atoms with Gasteiger partial charge in [-0.1, -0.05) is 45.4 Å². The molecule has 1 saturated carbocycles. The molecule has 0 atom stereocenters. The molecule has 0 bridgehead atoms. The molecule has 1 aromatic carbocycles. The average molecular weight is 312 g/mol. The van der Waals surface area contributed by atoms with E-state index in [0.29, 0.717) is 12.5 Å². The molecule has 4 heteroatoms. The molecule has 0 aromatic heterocycles. The zero-order chi connectivity index (χ0) is 15.9. The minimum Gasteiger partial charge on any atom is -0.505 e. The lowest BCUT2D eigenvalue weighted by atomic mass is 9.80. The van der Waals surface area contributed by atoms with Gasteiger partial charge in [0.15, 0.2) is 11.5 Å². The second kappa shape index (κ2) is 8.35. The van der Waals surface area contributed by atoms with Gasteiger partial charge in [-0.15, -0.1) is 0 Å². The molecule has 2 rings (SSSR count). The van der Waals surface area contributed by atoms with Gasteiger partial charge in [-0.3, -0.25) is 0 Å². The lowest BCUT2D eigenvalue weighted by Crippen LogP contribution is -2.20. The Morgan fingerprint density at radius 1 is 1.05 bits per heavy atom. The first-order chi connectivity index (χ1) is 10.6. The third-order valence-electron chi connectivity index (χ3n) is 4.68. The van der Waals surface area contributed by atoms with Crippen LogP contribution in [0.3, 0.4) is 0 Å². The number of aromatic hydroxyl groups is 1. The monoisotopic (exact) mass is 312 g/mol. The van der Waals surface area contributed by atoms with Crippen molar-refractivity contribution in [2.45, 2.75) is 58.3 Å². The number of hydrogen-bond acceptors (Lipinski definition) is 2. The van der Waals surface area contributed by atoms with Gasteiger partial charge in [0.05, 0.1) is 6.61 Å². The molecule has 0 saturated heterocycles. The highest BCUT2D eigenvalue weighted by atomic mass is 19.2. The van der Waals surface area contributed by atoms with Crippen LogP contribution in [0.25, 0.3) is 0 Å². The first-order valence-corrected chi connectivity index (χ1v) is 8.41. The van der Waals surface area contributed by atoms with Crippen LogP contribution < -0.4 is 4.74 Å². The number of rotatable bonds is 7. The Kier molecular flexibility index (Phi) is 6.47. The van der Waals surface area contributed by atoms with Gasteiger partial charge in [0, 0.05) is 0 Å². The van der Waals surface area contributed by atoms with E-state index in [-0.39, 0.29) is 5.75 Å². The lowest BCUT2D eigenvalue weighted by Gasteiger charge is -2.28. The fourth-order valence-corrected chi connectivity index (χ4v) is 3.21. The first-order valence-electron chi connectivity index (χ1n) is 8.41. The van der Waals surface area contributed by atoms with E-state index in [1.54, 1.807) is 0 Å². The summed E-state index contributed by atoms with van der Waals surface area (Å²) in [6.45, 7) is 2.64. The largest absolute Gasteiger partial charge is 0.505 e. The maximum atomic E-state index is 13.6. The third kappa shape index (κ3) is 4.59. The zero-order valence-electron chi connectivity index (χ0n) is 13.3. The number of phenolic OH excluding ortho intramolecular Hbond substituents is 1. The summed E-state index contributed by atoms with van der Waals surface area (Å²) in [4.78, 5) is 0. The van der Waals surface area contributed by atoms with Gasteiger partial charge in [0.1, 0.15) is 0 Å². The molecule has 0 amide bonds. The molecular weight excluding hydrogens is 286 g/mol. The van der Waals surface area contributed by atoms with E-state index >= 15 is 0 Å². The van der Waals surface area contributed by atoms with Gasteiger partial charge in [-0.25, -0.2) is 0 Å². The third-order valence-corrected chi connectivity index (χ3v) is 4.68. The summed E-state index contributed by atoms with van der Waals surface area (Å²) in [5.41, 5.74) is 0. The van der Waals surface area contributed by atoms with Crippen LogP contribution in [-0.4, -0.2) is 11.7 Å². The lowest BCUT2D eigenvalue weighted by molar-refractivity contribution is 0.172. The van der Waals surface area contributed by atoms with Crippen molar-refractivity contribution in [3.05, 3.63) is 23.8 Å². The topological polar surface area (TPSA) is 29.5 Å². The fourth-order valence-electron chi connectivity index (χ4n) is 3.21. The molecule has 1 aliphatic carbocycles. The fraction of sp³-hybridized carbons (Fsp3) is 0.667. The van der Waals surface area contributed by atoms with Crippen LogP contribution in [0.1, 0.15) is 58.3 Å². The van der Waals surface area contributed by atoms with Crippen molar-refractivity contribution in [1.29, 1.82) is 0 Å². The van der Waals surface area contributed by atoms with Crippen molar-refractivity contribution < 1.29 is 18.6 Å². The van der Waals surface area contributed by atoms with E-state index in [2.05, 4.69) is 6.92 Å². The van der Waals surface area contributed by atoms with Crippen LogP contribution in [0, 0.1) is 23.5 Å². The van der Waals surface area contributed by atoms with Crippen LogP contribution in [0.2, 0.25) is 0 Å². The first kappa shape index (κ1) is 17.0. The van der Waals surface area contributed by atoms with Crippen molar-refractivity contribution in [2.24, 2.45) is 11.8 Å². The molecule has 0 unspecified atom stereocenters. The molecule has 1 fully saturated rings. The van der Waals surface area contributed by atoms with E-state index in [4.69, 9.17) is 9.84 Å². The standard InChI is InChI=1S/C18H26F2O2/c1-2-3-4-5-13-6-8-14(9-7-13)12-22-16-11-10-15(21)17(19)18(16)20/h10-11,13-14,21H,2-9,12H2,1H3/t13-,14-. The Morgan fingerprint density at radius 2 is 1.73 bits per heavy atom. The van der Waals surface area contributed by atoms with Crippen molar-refractivity contribution in [2.75, 3.05) is 6.61 Å². The van der Waals surface area contributed by atoms with Crippen LogP contribution in [-0.2, 0) is 0 Å². The number of phenols is 1.